The number of aldehydes is 1. The predicted octanol–water partition coefficient (Wildman–Crippen LogP) is 2.10. The summed E-state index contributed by atoms with van der Waals surface area (Å²) >= 11 is 5.65. The third-order valence-electron chi connectivity index (χ3n) is 1.70. The van der Waals surface area contributed by atoms with Gasteiger partial charge in [-0.05, 0) is 12.1 Å². The molecule has 2 aromatic rings. The highest BCUT2D eigenvalue weighted by atomic mass is 35.5. The first-order chi connectivity index (χ1) is 6.31. The monoisotopic (exact) mass is 192 g/mol. The first kappa shape index (κ1) is 8.13. The molecule has 3 nitrogen and oxygen atoms in total. The molecular weight excluding hydrogens is 188 g/mol. The average molecular weight is 193 g/mol. The van der Waals surface area contributed by atoms with Crippen molar-refractivity contribution in [2.24, 2.45) is 0 Å². The van der Waals surface area contributed by atoms with Crippen LogP contribution in [-0.2, 0) is 0 Å². The zero-order valence-corrected chi connectivity index (χ0v) is 7.32. The number of hydrogen-bond acceptors (Lipinski definition) is 3. The van der Waals surface area contributed by atoms with Gasteiger partial charge in [0.25, 0.3) is 0 Å². The van der Waals surface area contributed by atoms with E-state index in [0.29, 0.717) is 21.7 Å². The Morgan fingerprint density at radius 2 is 2.23 bits per heavy atom. The van der Waals surface area contributed by atoms with Gasteiger partial charge in [0.15, 0.2) is 6.29 Å². The van der Waals surface area contributed by atoms with Gasteiger partial charge in [-0.25, -0.2) is 4.98 Å². The lowest BCUT2D eigenvalue weighted by atomic mass is 10.2. The quantitative estimate of drug-likeness (QED) is 0.650. The molecule has 0 unspecified atom stereocenters. The number of carbonyl (C=O) groups is 1. The number of para-hydroxylation sites is 1. The standard InChI is InChI=1S/C9H5ClN2O/c10-8-4-11-9-6(5-13)2-1-3-7(9)12-8/h1-5H. The Labute approximate surface area is 79.4 Å². The highest BCUT2D eigenvalue weighted by Crippen LogP contribution is 2.14. The molecule has 0 bridgehead atoms. The van der Waals surface area contributed by atoms with Crippen LogP contribution < -0.4 is 0 Å². The van der Waals surface area contributed by atoms with Crippen molar-refractivity contribution in [3.8, 4) is 0 Å². The molecule has 0 saturated carbocycles. The molecule has 0 saturated heterocycles. The van der Waals surface area contributed by atoms with Crippen LogP contribution in [0.15, 0.2) is 24.4 Å². The Morgan fingerprint density at radius 3 is 3.00 bits per heavy atom. The molecular formula is C9H5ClN2O. The van der Waals surface area contributed by atoms with Crippen molar-refractivity contribution >= 4 is 28.9 Å². The number of halogens is 1. The summed E-state index contributed by atoms with van der Waals surface area (Å²) in [5.74, 6) is 0. The van der Waals surface area contributed by atoms with Crippen LogP contribution in [0, 0.1) is 0 Å². The lowest BCUT2D eigenvalue weighted by Gasteiger charge is -1.98. The summed E-state index contributed by atoms with van der Waals surface area (Å²) in [5.41, 5.74) is 1.75. The summed E-state index contributed by atoms with van der Waals surface area (Å²) in [4.78, 5) is 18.7. The summed E-state index contributed by atoms with van der Waals surface area (Å²) in [7, 11) is 0. The maximum atomic E-state index is 10.6. The van der Waals surface area contributed by atoms with E-state index >= 15 is 0 Å². The first-order valence-corrected chi connectivity index (χ1v) is 4.05. The van der Waals surface area contributed by atoms with E-state index in [1.807, 2.05) is 0 Å². The summed E-state index contributed by atoms with van der Waals surface area (Å²) < 4.78 is 0. The molecule has 0 radical (unpaired) electrons. The number of nitrogens with zero attached hydrogens (tertiary/aromatic N) is 2. The molecule has 0 aliphatic rings. The summed E-state index contributed by atoms with van der Waals surface area (Å²) in [6, 6.07) is 5.20. The third-order valence-corrected chi connectivity index (χ3v) is 1.88. The van der Waals surface area contributed by atoms with E-state index < -0.39 is 0 Å². The van der Waals surface area contributed by atoms with Gasteiger partial charge >= 0.3 is 0 Å². The van der Waals surface area contributed by atoms with Crippen LogP contribution in [-0.4, -0.2) is 16.3 Å². The van der Waals surface area contributed by atoms with Crippen LogP contribution in [0.4, 0.5) is 0 Å². The topological polar surface area (TPSA) is 42.9 Å². The minimum absolute atomic E-state index is 0.329. The minimum atomic E-state index is 0.329. The molecule has 0 N–H and O–H groups in total. The van der Waals surface area contributed by atoms with Crippen molar-refractivity contribution < 1.29 is 4.79 Å². The molecule has 4 heteroatoms. The van der Waals surface area contributed by atoms with E-state index in [4.69, 9.17) is 11.6 Å². The summed E-state index contributed by atoms with van der Waals surface area (Å²) in [6.07, 6.45) is 2.18. The molecule has 2 rings (SSSR count). The average Bonchev–Trinajstić information content (AvgIpc) is 2.16. The van der Waals surface area contributed by atoms with Crippen molar-refractivity contribution in [2.45, 2.75) is 0 Å². The van der Waals surface area contributed by atoms with E-state index in [1.54, 1.807) is 18.2 Å². The number of benzene rings is 1. The van der Waals surface area contributed by atoms with Gasteiger partial charge in [0, 0.05) is 5.56 Å². The highest BCUT2D eigenvalue weighted by molar-refractivity contribution is 6.29. The number of carbonyl (C=O) groups excluding carboxylic acids is 1. The molecule has 0 fully saturated rings. The Balaban J connectivity index is 2.84. The summed E-state index contributed by atoms with van der Waals surface area (Å²) in [6.45, 7) is 0. The smallest absolute Gasteiger partial charge is 0.152 e. The van der Waals surface area contributed by atoms with Crippen molar-refractivity contribution in [1.82, 2.24) is 9.97 Å². The van der Waals surface area contributed by atoms with Gasteiger partial charge in [0.05, 0.1) is 17.2 Å². The van der Waals surface area contributed by atoms with Crippen LogP contribution in [0.5, 0.6) is 0 Å². The van der Waals surface area contributed by atoms with E-state index in [-0.39, 0.29) is 0 Å². The van der Waals surface area contributed by atoms with Crippen LogP contribution in [0.3, 0.4) is 0 Å². The molecule has 1 aromatic heterocycles. The predicted molar refractivity (Wildman–Crippen MR) is 49.9 cm³/mol. The largest absolute Gasteiger partial charge is 0.298 e. The lowest BCUT2D eigenvalue weighted by molar-refractivity contribution is 0.112. The molecule has 1 aromatic carbocycles. The van der Waals surface area contributed by atoms with Gasteiger partial charge in [-0.1, -0.05) is 17.7 Å². The molecule has 0 spiro atoms. The van der Waals surface area contributed by atoms with Gasteiger partial charge in [0.2, 0.25) is 0 Å². The molecule has 0 aliphatic heterocycles. The maximum Gasteiger partial charge on any atom is 0.152 e. The van der Waals surface area contributed by atoms with Gasteiger partial charge < -0.3 is 0 Å². The van der Waals surface area contributed by atoms with Gasteiger partial charge in [0.1, 0.15) is 5.15 Å². The number of fused-ring (bicyclic) bond motifs is 1. The third kappa shape index (κ3) is 1.38. The normalized spacial score (nSPS) is 10.2. The molecule has 1 heterocycles. The van der Waals surface area contributed by atoms with Crippen molar-refractivity contribution in [3.05, 3.63) is 35.1 Å². The van der Waals surface area contributed by atoms with Crippen LogP contribution in [0.25, 0.3) is 11.0 Å². The molecule has 0 atom stereocenters. The lowest BCUT2D eigenvalue weighted by Crippen LogP contribution is -1.89. The fourth-order valence-electron chi connectivity index (χ4n) is 1.14. The van der Waals surface area contributed by atoms with Crippen LogP contribution in [0.1, 0.15) is 10.4 Å². The first-order valence-electron chi connectivity index (χ1n) is 3.68. The van der Waals surface area contributed by atoms with Crippen molar-refractivity contribution in [2.75, 3.05) is 0 Å². The van der Waals surface area contributed by atoms with Crippen molar-refractivity contribution in [3.63, 3.8) is 0 Å². The second kappa shape index (κ2) is 3.11. The van der Waals surface area contributed by atoms with E-state index in [0.717, 1.165) is 6.29 Å². The Kier molecular flexibility index (Phi) is 1.94. The van der Waals surface area contributed by atoms with E-state index in [2.05, 4.69) is 9.97 Å². The maximum absolute atomic E-state index is 10.6. The second-order valence-corrected chi connectivity index (χ2v) is 2.91. The van der Waals surface area contributed by atoms with Crippen LogP contribution >= 0.6 is 11.6 Å². The summed E-state index contributed by atoms with van der Waals surface area (Å²) in [5, 5.41) is 0.329. The second-order valence-electron chi connectivity index (χ2n) is 2.53. The zero-order valence-electron chi connectivity index (χ0n) is 6.57. The molecule has 0 amide bonds. The van der Waals surface area contributed by atoms with Crippen molar-refractivity contribution in [1.29, 1.82) is 0 Å². The van der Waals surface area contributed by atoms with Crippen LogP contribution in [0.2, 0.25) is 5.15 Å². The SMILES string of the molecule is O=Cc1cccc2nc(Cl)cnc12. The highest BCUT2D eigenvalue weighted by Gasteiger charge is 2.01. The minimum Gasteiger partial charge on any atom is -0.298 e. The number of aromatic nitrogens is 2. The Morgan fingerprint density at radius 1 is 1.38 bits per heavy atom. The number of rotatable bonds is 1. The Hall–Kier alpha value is -1.48. The molecule has 64 valence electrons. The fourth-order valence-corrected chi connectivity index (χ4v) is 1.28. The van der Waals surface area contributed by atoms with Gasteiger partial charge in [-0.2, -0.15) is 0 Å². The van der Waals surface area contributed by atoms with E-state index in [9.17, 15) is 4.79 Å². The fraction of sp³-hybridized carbons (Fsp3) is 0. The van der Waals surface area contributed by atoms with E-state index in [1.165, 1.54) is 6.20 Å². The molecule has 13 heavy (non-hydrogen) atoms. The van der Waals surface area contributed by atoms with Gasteiger partial charge in [-0.3, -0.25) is 9.78 Å². The zero-order chi connectivity index (χ0) is 9.26. The number of hydrogen-bond donors (Lipinski definition) is 0. The molecule has 0 aliphatic carbocycles. The Bertz CT molecular complexity index is 470. The van der Waals surface area contributed by atoms with Gasteiger partial charge in [-0.15, -0.1) is 0 Å².